The molecule has 0 amide bonds. The Morgan fingerprint density at radius 2 is 1.91 bits per heavy atom. The predicted octanol–water partition coefficient (Wildman–Crippen LogP) is 0.865. The second-order valence-electron chi connectivity index (χ2n) is 3.36. The Morgan fingerprint density at radius 3 is 2.27 bits per heavy atom. The summed E-state index contributed by atoms with van der Waals surface area (Å²) in [6.07, 6.45) is -0.230. The third-order valence-electron chi connectivity index (χ3n) is 1.51. The smallest absolute Gasteiger partial charge is 0.0638 e. The molecular weight excluding hydrogens is 158 g/mol. The SMILES string of the molecule is CC(O)CN(C)CC(C)CS. The van der Waals surface area contributed by atoms with Crippen LogP contribution in [-0.2, 0) is 0 Å². The highest BCUT2D eigenvalue weighted by atomic mass is 32.1. The normalized spacial score (nSPS) is 16.9. The Kier molecular flexibility index (Phi) is 6.01. The van der Waals surface area contributed by atoms with Crippen LogP contribution in [0.1, 0.15) is 13.8 Å². The molecule has 0 saturated heterocycles. The fraction of sp³-hybridized carbons (Fsp3) is 1.00. The van der Waals surface area contributed by atoms with Crippen molar-refractivity contribution in [1.82, 2.24) is 4.90 Å². The molecule has 11 heavy (non-hydrogen) atoms. The molecular formula is C8H19NOS. The van der Waals surface area contributed by atoms with Gasteiger partial charge in [-0.1, -0.05) is 6.92 Å². The highest BCUT2D eigenvalue weighted by Gasteiger charge is 2.06. The van der Waals surface area contributed by atoms with E-state index < -0.39 is 0 Å². The molecule has 0 rings (SSSR count). The van der Waals surface area contributed by atoms with E-state index in [4.69, 9.17) is 5.11 Å². The van der Waals surface area contributed by atoms with Gasteiger partial charge in [0.2, 0.25) is 0 Å². The van der Waals surface area contributed by atoms with Crippen molar-refractivity contribution in [1.29, 1.82) is 0 Å². The average molecular weight is 177 g/mol. The van der Waals surface area contributed by atoms with Crippen LogP contribution in [0.2, 0.25) is 0 Å². The van der Waals surface area contributed by atoms with Crippen LogP contribution in [0.3, 0.4) is 0 Å². The van der Waals surface area contributed by atoms with E-state index >= 15 is 0 Å². The Morgan fingerprint density at radius 1 is 1.36 bits per heavy atom. The Hall–Kier alpha value is 0.270. The molecule has 0 saturated carbocycles. The van der Waals surface area contributed by atoms with Crippen molar-refractivity contribution in [3.63, 3.8) is 0 Å². The third-order valence-corrected chi connectivity index (χ3v) is 2.13. The molecule has 0 radical (unpaired) electrons. The summed E-state index contributed by atoms with van der Waals surface area (Å²) >= 11 is 4.19. The fourth-order valence-electron chi connectivity index (χ4n) is 1.12. The lowest BCUT2D eigenvalue weighted by Gasteiger charge is -2.21. The molecule has 0 spiro atoms. The van der Waals surface area contributed by atoms with Crippen molar-refractivity contribution in [3.8, 4) is 0 Å². The van der Waals surface area contributed by atoms with Gasteiger partial charge in [-0.3, -0.25) is 0 Å². The summed E-state index contributed by atoms with van der Waals surface area (Å²) in [6, 6.07) is 0. The van der Waals surface area contributed by atoms with Crippen molar-refractivity contribution in [2.45, 2.75) is 20.0 Å². The van der Waals surface area contributed by atoms with Crippen LogP contribution < -0.4 is 0 Å². The first kappa shape index (κ1) is 11.3. The van der Waals surface area contributed by atoms with Crippen LogP contribution in [-0.4, -0.2) is 42.0 Å². The summed E-state index contributed by atoms with van der Waals surface area (Å²) in [4.78, 5) is 2.13. The summed E-state index contributed by atoms with van der Waals surface area (Å²) in [5, 5.41) is 9.05. The largest absolute Gasteiger partial charge is 0.392 e. The van der Waals surface area contributed by atoms with Crippen LogP contribution in [0.25, 0.3) is 0 Å². The molecule has 0 fully saturated rings. The van der Waals surface area contributed by atoms with Gasteiger partial charge >= 0.3 is 0 Å². The zero-order valence-corrected chi connectivity index (χ0v) is 8.51. The van der Waals surface area contributed by atoms with Gasteiger partial charge in [0, 0.05) is 13.1 Å². The van der Waals surface area contributed by atoms with Gasteiger partial charge in [0.1, 0.15) is 0 Å². The molecule has 0 aromatic carbocycles. The van der Waals surface area contributed by atoms with Gasteiger partial charge in [-0.05, 0) is 25.6 Å². The fourth-order valence-corrected chi connectivity index (χ4v) is 1.23. The minimum absolute atomic E-state index is 0.230. The number of thiol groups is 1. The third kappa shape index (κ3) is 6.66. The molecule has 0 aliphatic carbocycles. The topological polar surface area (TPSA) is 23.5 Å². The van der Waals surface area contributed by atoms with Crippen molar-refractivity contribution >= 4 is 12.6 Å². The maximum absolute atomic E-state index is 9.05. The summed E-state index contributed by atoms with van der Waals surface area (Å²) < 4.78 is 0. The molecule has 2 atom stereocenters. The van der Waals surface area contributed by atoms with Crippen molar-refractivity contribution in [3.05, 3.63) is 0 Å². The van der Waals surface area contributed by atoms with E-state index in [0.29, 0.717) is 5.92 Å². The van der Waals surface area contributed by atoms with E-state index in [9.17, 15) is 0 Å². The molecule has 0 aromatic heterocycles. The number of aliphatic hydroxyl groups excluding tert-OH is 1. The lowest BCUT2D eigenvalue weighted by molar-refractivity contribution is 0.135. The van der Waals surface area contributed by atoms with Gasteiger partial charge in [-0.15, -0.1) is 0 Å². The van der Waals surface area contributed by atoms with Crippen molar-refractivity contribution in [2.24, 2.45) is 5.92 Å². The highest BCUT2D eigenvalue weighted by Crippen LogP contribution is 2.00. The number of aliphatic hydroxyl groups is 1. The van der Waals surface area contributed by atoms with Gasteiger partial charge in [0.25, 0.3) is 0 Å². The lowest BCUT2D eigenvalue weighted by atomic mass is 10.2. The van der Waals surface area contributed by atoms with Gasteiger partial charge in [-0.25, -0.2) is 0 Å². The van der Waals surface area contributed by atoms with Gasteiger partial charge in [-0.2, -0.15) is 12.6 Å². The predicted molar refractivity (Wildman–Crippen MR) is 52.2 cm³/mol. The minimum atomic E-state index is -0.230. The van der Waals surface area contributed by atoms with Gasteiger partial charge in [0.15, 0.2) is 0 Å². The Labute approximate surface area is 75.0 Å². The first-order chi connectivity index (χ1) is 5.06. The molecule has 0 heterocycles. The summed E-state index contributed by atoms with van der Waals surface area (Å²) in [5.41, 5.74) is 0. The lowest BCUT2D eigenvalue weighted by Crippen LogP contribution is -2.31. The van der Waals surface area contributed by atoms with Crippen LogP contribution in [0.5, 0.6) is 0 Å². The van der Waals surface area contributed by atoms with E-state index in [-0.39, 0.29) is 6.10 Å². The minimum Gasteiger partial charge on any atom is -0.392 e. The summed E-state index contributed by atoms with van der Waals surface area (Å²) in [7, 11) is 2.02. The van der Waals surface area contributed by atoms with Crippen LogP contribution in [0.15, 0.2) is 0 Å². The second-order valence-corrected chi connectivity index (χ2v) is 3.72. The molecule has 2 unspecified atom stereocenters. The van der Waals surface area contributed by atoms with E-state index in [0.717, 1.165) is 18.8 Å². The molecule has 0 aliphatic rings. The van der Waals surface area contributed by atoms with Crippen molar-refractivity contribution in [2.75, 3.05) is 25.9 Å². The van der Waals surface area contributed by atoms with Crippen LogP contribution in [0.4, 0.5) is 0 Å². The zero-order valence-electron chi connectivity index (χ0n) is 7.62. The number of nitrogens with zero attached hydrogens (tertiary/aromatic N) is 1. The van der Waals surface area contributed by atoms with Crippen molar-refractivity contribution < 1.29 is 5.11 Å². The van der Waals surface area contributed by atoms with Gasteiger partial charge < -0.3 is 10.0 Å². The maximum Gasteiger partial charge on any atom is 0.0638 e. The Bertz CT molecular complexity index is 98.1. The van der Waals surface area contributed by atoms with Gasteiger partial charge in [0.05, 0.1) is 6.10 Å². The van der Waals surface area contributed by atoms with E-state index in [1.54, 1.807) is 0 Å². The molecule has 68 valence electrons. The zero-order chi connectivity index (χ0) is 8.85. The molecule has 0 bridgehead atoms. The molecule has 0 aliphatic heterocycles. The number of likely N-dealkylation sites (N-methyl/N-ethyl adjacent to an activating group) is 1. The first-order valence-electron chi connectivity index (χ1n) is 4.03. The molecule has 0 aromatic rings. The average Bonchev–Trinajstić information content (AvgIpc) is 1.85. The highest BCUT2D eigenvalue weighted by molar-refractivity contribution is 7.80. The summed E-state index contributed by atoms with van der Waals surface area (Å²) in [5.74, 6) is 1.51. The van der Waals surface area contributed by atoms with E-state index in [2.05, 4.69) is 24.5 Å². The number of hydrogen-bond donors (Lipinski definition) is 2. The maximum atomic E-state index is 9.05. The molecule has 3 heteroatoms. The molecule has 2 nitrogen and oxygen atoms in total. The van der Waals surface area contributed by atoms with Crippen LogP contribution in [0, 0.1) is 5.92 Å². The number of rotatable bonds is 5. The Balaban J connectivity index is 3.43. The van der Waals surface area contributed by atoms with E-state index in [1.807, 2.05) is 14.0 Å². The van der Waals surface area contributed by atoms with E-state index in [1.165, 1.54) is 0 Å². The first-order valence-corrected chi connectivity index (χ1v) is 4.67. The second kappa shape index (κ2) is 5.86. The standard InChI is InChI=1S/C8H19NOS/c1-7(6-11)4-9(3)5-8(2)10/h7-8,10-11H,4-6H2,1-3H3. The quantitative estimate of drug-likeness (QED) is 0.609. The monoisotopic (exact) mass is 177 g/mol. The summed E-state index contributed by atoms with van der Waals surface area (Å²) in [6.45, 7) is 5.72. The number of hydrogen-bond acceptors (Lipinski definition) is 3. The van der Waals surface area contributed by atoms with Crippen LogP contribution >= 0.6 is 12.6 Å². The molecule has 1 N–H and O–H groups in total.